The number of esters is 1. The van der Waals surface area contributed by atoms with Gasteiger partial charge in [0.15, 0.2) is 0 Å². The van der Waals surface area contributed by atoms with Crippen molar-refractivity contribution in [2.45, 2.75) is 18.8 Å². The van der Waals surface area contributed by atoms with Crippen LogP contribution in [0.4, 0.5) is 18.9 Å². The first-order chi connectivity index (χ1) is 11.9. The fraction of sp³-hybridized carbons (Fsp3) is 0.333. The summed E-state index contributed by atoms with van der Waals surface area (Å²) in [5, 5.41) is 0. The van der Waals surface area contributed by atoms with Gasteiger partial charge < -0.3 is 9.64 Å². The normalized spacial score (nSPS) is 16.6. The first-order valence-electron chi connectivity index (χ1n) is 7.88. The van der Waals surface area contributed by atoms with Crippen molar-refractivity contribution >= 4 is 11.7 Å². The number of rotatable bonds is 3. The number of aromatic nitrogens is 1. The molecule has 4 nitrogen and oxygen atoms in total. The number of halogens is 3. The van der Waals surface area contributed by atoms with E-state index in [4.69, 9.17) is 0 Å². The maximum absolute atomic E-state index is 13.4. The van der Waals surface area contributed by atoms with Crippen molar-refractivity contribution in [1.29, 1.82) is 0 Å². The molecule has 0 saturated carbocycles. The van der Waals surface area contributed by atoms with Gasteiger partial charge in [-0.1, -0.05) is 0 Å². The average Bonchev–Trinajstić information content (AvgIpc) is 2.61. The van der Waals surface area contributed by atoms with Gasteiger partial charge >= 0.3 is 5.97 Å². The number of nitrogens with zero attached hydrogens (tertiary/aromatic N) is 2. The monoisotopic (exact) mass is 350 g/mol. The number of carbonyl (C=O) groups is 1. The molecule has 132 valence electrons. The van der Waals surface area contributed by atoms with Crippen molar-refractivity contribution in [2.75, 3.05) is 25.1 Å². The molecule has 1 aromatic carbocycles. The summed E-state index contributed by atoms with van der Waals surface area (Å²) >= 11 is 0. The Labute approximate surface area is 143 Å². The Bertz CT molecular complexity index is 768. The Kier molecular flexibility index (Phi) is 4.65. The molecule has 25 heavy (non-hydrogen) atoms. The lowest BCUT2D eigenvalue weighted by molar-refractivity contribution is -0.0220. The van der Waals surface area contributed by atoms with Gasteiger partial charge in [0.25, 0.3) is 5.92 Å². The summed E-state index contributed by atoms with van der Waals surface area (Å²) < 4.78 is 44.8. The van der Waals surface area contributed by atoms with E-state index in [9.17, 15) is 18.0 Å². The van der Waals surface area contributed by atoms with Crippen LogP contribution in [0.25, 0.3) is 11.3 Å². The molecule has 1 aliphatic rings. The number of anilines is 1. The third kappa shape index (κ3) is 3.75. The van der Waals surface area contributed by atoms with Crippen molar-refractivity contribution in [1.82, 2.24) is 4.98 Å². The zero-order valence-corrected chi connectivity index (χ0v) is 13.6. The molecule has 0 unspecified atom stereocenters. The van der Waals surface area contributed by atoms with E-state index in [2.05, 4.69) is 9.72 Å². The molecule has 7 heteroatoms. The highest BCUT2D eigenvalue weighted by atomic mass is 19.3. The molecule has 1 aliphatic heterocycles. The number of methoxy groups -OCH3 is 1. The van der Waals surface area contributed by atoms with Crippen LogP contribution in [-0.2, 0) is 4.74 Å². The molecule has 1 fully saturated rings. The average molecular weight is 350 g/mol. The highest BCUT2D eigenvalue weighted by molar-refractivity contribution is 5.89. The molecule has 0 spiro atoms. The van der Waals surface area contributed by atoms with E-state index in [0.29, 0.717) is 16.9 Å². The van der Waals surface area contributed by atoms with Crippen molar-refractivity contribution in [3.8, 4) is 11.3 Å². The summed E-state index contributed by atoms with van der Waals surface area (Å²) in [5.41, 5.74) is 1.77. The maximum Gasteiger partial charge on any atom is 0.356 e. The SMILES string of the molecule is COC(=O)c1ccc(N2CCC(F)(F)CC2)c(-c2ccc(F)cc2)n1. The van der Waals surface area contributed by atoms with E-state index in [1.165, 1.54) is 25.3 Å². The van der Waals surface area contributed by atoms with Crippen LogP contribution in [0, 0.1) is 5.82 Å². The summed E-state index contributed by atoms with van der Waals surface area (Å²) in [6.07, 6.45) is -0.483. The van der Waals surface area contributed by atoms with Crippen LogP contribution in [0.3, 0.4) is 0 Å². The molecule has 1 saturated heterocycles. The minimum atomic E-state index is -2.66. The molecule has 0 bridgehead atoms. The van der Waals surface area contributed by atoms with Crippen molar-refractivity contribution in [3.63, 3.8) is 0 Å². The zero-order chi connectivity index (χ0) is 18.0. The number of hydrogen-bond acceptors (Lipinski definition) is 4. The van der Waals surface area contributed by atoms with Gasteiger partial charge in [-0.15, -0.1) is 0 Å². The van der Waals surface area contributed by atoms with Gasteiger partial charge in [0.1, 0.15) is 11.5 Å². The summed E-state index contributed by atoms with van der Waals surface area (Å²) in [4.78, 5) is 17.9. The highest BCUT2D eigenvalue weighted by Gasteiger charge is 2.35. The van der Waals surface area contributed by atoms with E-state index in [1.54, 1.807) is 18.2 Å². The summed E-state index contributed by atoms with van der Waals surface area (Å²) in [5.74, 6) is -3.65. The van der Waals surface area contributed by atoms with E-state index < -0.39 is 17.7 Å². The Balaban J connectivity index is 2.02. The quantitative estimate of drug-likeness (QED) is 0.787. The lowest BCUT2D eigenvalue weighted by atomic mass is 10.0. The van der Waals surface area contributed by atoms with Gasteiger partial charge in [0.2, 0.25) is 0 Å². The van der Waals surface area contributed by atoms with Crippen molar-refractivity contribution < 1.29 is 22.7 Å². The maximum atomic E-state index is 13.4. The number of piperidine rings is 1. The lowest BCUT2D eigenvalue weighted by Crippen LogP contribution is -2.39. The standard InChI is InChI=1S/C18H17F3N2O2/c1-25-17(24)14-6-7-15(23-10-8-18(20,21)9-11-23)16(22-14)12-2-4-13(19)5-3-12/h2-7H,8-11H2,1H3. The molecule has 0 aliphatic carbocycles. The highest BCUT2D eigenvalue weighted by Crippen LogP contribution is 2.35. The number of carbonyl (C=O) groups excluding carboxylic acids is 1. The van der Waals surface area contributed by atoms with Crippen LogP contribution >= 0.6 is 0 Å². The van der Waals surface area contributed by atoms with Crippen molar-refractivity contribution in [2.24, 2.45) is 0 Å². The van der Waals surface area contributed by atoms with Crippen LogP contribution in [0.15, 0.2) is 36.4 Å². The fourth-order valence-electron chi connectivity index (χ4n) is 2.82. The number of hydrogen-bond donors (Lipinski definition) is 0. The smallest absolute Gasteiger partial charge is 0.356 e. The molecule has 2 heterocycles. The van der Waals surface area contributed by atoms with Crippen LogP contribution in [-0.4, -0.2) is 37.1 Å². The first-order valence-corrected chi connectivity index (χ1v) is 7.88. The third-order valence-corrected chi connectivity index (χ3v) is 4.22. The second kappa shape index (κ2) is 6.74. The molecular formula is C18H17F3N2O2. The minimum Gasteiger partial charge on any atom is -0.464 e. The molecule has 0 radical (unpaired) electrons. The number of benzene rings is 1. The fourth-order valence-corrected chi connectivity index (χ4v) is 2.82. The Morgan fingerprint density at radius 1 is 1.12 bits per heavy atom. The topological polar surface area (TPSA) is 42.4 Å². The van der Waals surface area contributed by atoms with Crippen LogP contribution < -0.4 is 4.90 Å². The summed E-state index contributed by atoms with van der Waals surface area (Å²) in [6.45, 7) is 0.362. The second-order valence-electron chi connectivity index (χ2n) is 5.91. The van der Waals surface area contributed by atoms with E-state index >= 15 is 0 Å². The largest absolute Gasteiger partial charge is 0.464 e. The van der Waals surface area contributed by atoms with Gasteiger partial charge in [-0.25, -0.2) is 22.9 Å². The molecule has 0 amide bonds. The number of ether oxygens (including phenoxy) is 1. The molecular weight excluding hydrogens is 333 g/mol. The van der Waals surface area contributed by atoms with E-state index in [0.717, 1.165) is 0 Å². The van der Waals surface area contributed by atoms with Gasteiger partial charge in [-0.3, -0.25) is 0 Å². The van der Waals surface area contributed by atoms with Crippen LogP contribution in [0.2, 0.25) is 0 Å². The predicted octanol–water partition coefficient (Wildman–Crippen LogP) is 3.91. The van der Waals surface area contributed by atoms with Gasteiger partial charge in [-0.05, 0) is 36.4 Å². The predicted molar refractivity (Wildman–Crippen MR) is 87.4 cm³/mol. The molecule has 0 N–H and O–H groups in total. The molecule has 1 aromatic heterocycles. The number of pyridine rings is 1. The zero-order valence-electron chi connectivity index (χ0n) is 13.6. The lowest BCUT2D eigenvalue weighted by Gasteiger charge is -2.34. The minimum absolute atomic E-state index is 0.105. The van der Waals surface area contributed by atoms with Gasteiger partial charge in [0.05, 0.1) is 18.5 Å². The Morgan fingerprint density at radius 2 is 1.76 bits per heavy atom. The van der Waals surface area contributed by atoms with E-state index in [1.807, 2.05) is 4.90 Å². The Hall–Kier alpha value is -2.57. The van der Waals surface area contributed by atoms with Crippen LogP contribution in [0.1, 0.15) is 23.3 Å². The molecule has 0 atom stereocenters. The molecule has 3 rings (SSSR count). The third-order valence-electron chi connectivity index (χ3n) is 4.22. The van der Waals surface area contributed by atoms with Crippen LogP contribution in [0.5, 0.6) is 0 Å². The summed E-state index contributed by atoms with van der Waals surface area (Å²) in [7, 11) is 1.25. The van der Waals surface area contributed by atoms with Gasteiger partial charge in [-0.2, -0.15) is 0 Å². The van der Waals surface area contributed by atoms with E-state index in [-0.39, 0.29) is 31.6 Å². The number of alkyl halides is 2. The summed E-state index contributed by atoms with van der Waals surface area (Å²) in [6, 6.07) is 8.83. The molecule has 2 aromatic rings. The first kappa shape index (κ1) is 17.3. The van der Waals surface area contributed by atoms with Crippen molar-refractivity contribution in [3.05, 3.63) is 47.9 Å². The van der Waals surface area contributed by atoms with Gasteiger partial charge in [0, 0.05) is 31.5 Å². The second-order valence-corrected chi connectivity index (χ2v) is 5.91. The Morgan fingerprint density at radius 3 is 2.36 bits per heavy atom.